The summed E-state index contributed by atoms with van der Waals surface area (Å²) in [6, 6.07) is 9.38. The first kappa shape index (κ1) is 15.0. The third kappa shape index (κ3) is 3.58. The van der Waals surface area contributed by atoms with Crippen LogP contribution in [0.1, 0.15) is 15.9 Å². The highest BCUT2D eigenvalue weighted by Crippen LogP contribution is 2.32. The molecule has 0 aliphatic rings. The zero-order valence-corrected chi connectivity index (χ0v) is 12.1. The van der Waals surface area contributed by atoms with Crippen LogP contribution in [0.3, 0.4) is 0 Å². The van der Waals surface area contributed by atoms with Crippen LogP contribution in [0.4, 0.5) is 0 Å². The van der Waals surface area contributed by atoms with Crippen LogP contribution >= 0.6 is 11.8 Å². The van der Waals surface area contributed by atoms with Crippen LogP contribution in [-0.4, -0.2) is 27.4 Å². The zero-order chi connectivity index (χ0) is 15.4. The number of carbonyl (C=O) groups excluding carboxylic acids is 1. The van der Waals surface area contributed by atoms with Gasteiger partial charge in [-0.2, -0.15) is 0 Å². The summed E-state index contributed by atoms with van der Waals surface area (Å²) in [4.78, 5) is 13.1. The van der Waals surface area contributed by atoms with Gasteiger partial charge in [0.2, 0.25) is 0 Å². The van der Waals surface area contributed by atoms with Gasteiger partial charge < -0.3 is 15.3 Å². The number of hydrogen-bond donors (Lipinski definition) is 3. The molecule has 0 aromatic heterocycles. The minimum Gasteiger partial charge on any atom is -0.507 e. The lowest BCUT2D eigenvalue weighted by molar-refractivity contribution is 0.104. The van der Waals surface area contributed by atoms with Crippen molar-refractivity contribution in [3.8, 4) is 17.2 Å². The first-order valence-corrected chi connectivity index (χ1v) is 7.35. The molecule has 0 aliphatic carbocycles. The topological polar surface area (TPSA) is 77.8 Å². The highest BCUT2D eigenvalue weighted by Gasteiger charge is 2.06. The summed E-state index contributed by atoms with van der Waals surface area (Å²) in [5.41, 5.74) is 0.783. The quantitative estimate of drug-likeness (QED) is 0.265. The van der Waals surface area contributed by atoms with Gasteiger partial charge >= 0.3 is 0 Å². The van der Waals surface area contributed by atoms with Crippen LogP contribution in [0, 0.1) is 0 Å². The average molecular weight is 302 g/mol. The molecule has 0 amide bonds. The minimum absolute atomic E-state index is 0.213. The number of hydrogen-bond acceptors (Lipinski definition) is 5. The Bertz CT molecular complexity index is 690. The highest BCUT2D eigenvalue weighted by molar-refractivity contribution is 7.98. The Labute approximate surface area is 126 Å². The molecule has 5 heteroatoms. The number of ketones is 1. The second-order valence-corrected chi connectivity index (χ2v) is 5.21. The van der Waals surface area contributed by atoms with Crippen LogP contribution in [0.15, 0.2) is 47.4 Å². The summed E-state index contributed by atoms with van der Waals surface area (Å²) in [6.45, 7) is 0. The van der Waals surface area contributed by atoms with Crippen molar-refractivity contribution >= 4 is 23.6 Å². The first-order chi connectivity index (χ1) is 10.0. The number of thioether (sulfide) groups is 1. The van der Waals surface area contributed by atoms with Gasteiger partial charge in [-0.05, 0) is 48.7 Å². The van der Waals surface area contributed by atoms with Crippen molar-refractivity contribution in [2.75, 3.05) is 6.26 Å². The fourth-order valence-electron chi connectivity index (χ4n) is 1.73. The average Bonchev–Trinajstić information content (AvgIpc) is 2.49. The predicted octanol–water partition coefficient (Wildman–Crippen LogP) is 3.42. The van der Waals surface area contributed by atoms with Crippen molar-refractivity contribution in [1.29, 1.82) is 0 Å². The SMILES string of the molecule is CSc1ccc(C(=O)C=Cc2cc(O)c(O)cc2O)cc1. The van der Waals surface area contributed by atoms with Crippen molar-refractivity contribution in [3.63, 3.8) is 0 Å². The molecule has 0 aliphatic heterocycles. The van der Waals surface area contributed by atoms with Crippen molar-refractivity contribution in [3.05, 3.63) is 53.6 Å². The normalized spacial score (nSPS) is 10.9. The number of aromatic hydroxyl groups is 3. The van der Waals surface area contributed by atoms with Crippen molar-refractivity contribution in [2.24, 2.45) is 0 Å². The Morgan fingerprint density at radius 3 is 2.24 bits per heavy atom. The Hall–Kier alpha value is -2.40. The molecule has 0 saturated carbocycles. The van der Waals surface area contributed by atoms with Gasteiger partial charge in [0.25, 0.3) is 0 Å². The highest BCUT2D eigenvalue weighted by atomic mass is 32.2. The van der Waals surface area contributed by atoms with E-state index in [-0.39, 0.29) is 22.8 Å². The lowest BCUT2D eigenvalue weighted by Gasteiger charge is -2.02. The van der Waals surface area contributed by atoms with E-state index in [1.807, 2.05) is 18.4 Å². The summed E-state index contributed by atoms with van der Waals surface area (Å²) in [7, 11) is 0. The molecule has 4 nitrogen and oxygen atoms in total. The Kier molecular flexibility index (Phi) is 4.55. The summed E-state index contributed by atoms with van der Waals surface area (Å²) >= 11 is 1.59. The van der Waals surface area contributed by atoms with Crippen molar-refractivity contribution < 1.29 is 20.1 Å². The molecule has 0 unspecified atom stereocenters. The molecule has 2 rings (SSSR count). The van der Waals surface area contributed by atoms with Crippen LogP contribution in [-0.2, 0) is 0 Å². The largest absolute Gasteiger partial charge is 0.507 e. The van der Waals surface area contributed by atoms with E-state index in [2.05, 4.69) is 0 Å². The number of carbonyl (C=O) groups is 1. The van der Waals surface area contributed by atoms with E-state index in [1.54, 1.807) is 23.9 Å². The zero-order valence-electron chi connectivity index (χ0n) is 11.3. The molecule has 0 radical (unpaired) electrons. The molecule has 2 aromatic rings. The Morgan fingerprint density at radius 2 is 1.62 bits per heavy atom. The standard InChI is InChI=1S/C16H14O4S/c1-21-12-5-2-10(3-6-12)13(17)7-4-11-8-15(19)16(20)9-14(11)18/h2-9,18-20H,1H3. The monoisotopic (exact) mass is 302 g/mol. The van der Waals surface area contributed by atoms with Gasteiger partial charge in [-0.3, -0.25) is 4.79 Å². The summed E-state index contributed by atoms with van der Waals surface area (Å²) < 4.78 is 0. The second kappa shape index (κ2) is 6.37. The van der Waals surface area contributed by atoms with E-state index < -0.39 is 5.75 Å². The van der Waals surface area contributed by atoms with Gasteiger partial charge in [0.1, 0.15) is 5.75 Å². The number of phenols is 3. The van der Waals surface area contributed by atoms with Gasteiger partial charge in [-0.25, -0.2) is 0 Å². The molecular weight excluding hydrogens is 288 g/mol. The molecule has 2 aromatic carbocycles. The molecule has 0 heterocycles. The van der Waals surface area contributed by atoms with E-state index in [0.29, 0.717) is 5.56 Å². The molecular formula is C16H14O4S. The Balaban J connectivity index is 2.20. The van der Waals surface area contributed by atoms with E-state index in [9.17, 15) is 20.1 Å². The molecule has 0 saturated heterocycles. The lowest BCUT2D eigenvalue weighted by atomic mass is 10.1. The molecule has 21 heavy (non-hydrogen) atoms. The lowest BCUT2D eigenvalue weighted by Crippen LogP contribution is -1.93. The molecule has 0 fully saturated rings. The summed E-state index contributed by atoms with van der Waals surface area (Å²) in [6.07, 6.45) is 4.65. The minimum atomic E-state index is -0.413. The summed E-state index contributed by atoms with van der Waals surface area (Å²) in [5, 5.41) is 28.2. The van der Waals surface area contributed by atoms with Gasteiger partial charge in [-0.15, -0.1) is 11.8 Å². The maximum Gasteiger partial charge on any atom is 0.185 e. The summed E-state index contributed by atoms with van der Waals surface area (Å²) in [5.74, 6) is -1.20. The van der Waals surface area contributed by atoms with Crippen LogP contribution in [0.25, 0.3) is 6.08 Å². The number of rotatable bonds is 4. The maximum atomic E-state index is 12.0. The van der Waals surface area contributed by atoms with Crippen LogP contribution < -0.4 is 0 Å². The number of allylic oxidation sites excluding steroid dienone is 1. The van der Waals surface area contributed by atoms with Crippen molar-refractivity contribution in [2.45, 2.75) is 4.90 Å². The van der Waals surface area contributed by atoms with Gasteiger partial charge in [0, 0.05) is 22.1 Å². The number of benzene rings is 2. The fourth-order valence-corrected chi connectivity index (χ4v) is 2.14. The van der Waals surface area contributed by atoms with E-state index >= 15 is 0 Å². The third-order valence-electron chi connectivity index (χ3n) is 2.91. The van der Waals surface area contributed by atoms with E-state index in [1.165, 1.54) is 18.2 Å². The van der Waals surface area contributed by atoms with E-state index in [0.717, 1.165) is 11.0 Å². The molecule has 0 atom stereocenters. The van der Waals surface area contributed by atoms with Gasteiger partial charge in [0.05, 0.1) is 0 Å². The molecule has 3 N–H and O–H groups in total. The fraction of sp³-hybridized carbons (Fsp3) is 0.0625. The second-order valence-electron chi connectivity index (χ2n) is 4.33. The van der Waals surface area contributed by atoms with Gasteiger partial charge in [0.15, 0.2) is 17.3 Å². The van der Waals surface area contributed by atoms with Crippen LogP contribution in [0.2, 0.25) is 0 Å². The van der Waals surface area contributed by atoms with Crippen molar-refractivity contribution in [1.82, 2.24) is 0 Å². The van der Waals surface area contributed by atoms with Gasteiger partial charge in [-0.1, -0.05) is 0 Å². The molecule has 0 spiro atoms. The third-order valence-corrected chi connectivity index (χ3v) is 3.66. The smallest absolute Gasteiger partial charge is 0.185 e. The maximum absolute atomic E-state index is 12.0. The first-order valence-electron chi connectivity index (χ1n) is 6.12. The van der Waals surface area contributed by atoms with Crippen LogP contribution in [0.5, 0.6) is 17.2 Å². The van der Waals surface area contributed by atoms with E-state index in [4.69, 9.17) is 0 Å². The molecule has 0 bridgehead atoms. The Morgan fingerprint density at radius 1 is 1.00 bits per heavy atom. The predicted molar refractivity (Wildman–Crippen MR) is 83.0 cm³/mol. The molecule has 108 valence electrons. The number of phenolic OH excluding ortho intramolecular Hbond substituents is 3.